The highest BCUT2D eigenvalue weighted by Gasteiger charge is 2.64. The quantitative estimate of drug-likeness (QED) is 0.547. The van der Waals surface area contributed by atoms with Crippen LogP contribution in [0.4, 0.5) is 26.3 Å². The van der Waals surface area contributed by atoms with Gasteiger partial charge in [-0.3, -0.25) is 13.7 Å². The van der Waals surface area contributed by atoms with Gasteiger partial charge < -0.3 is 14.5 Å². The summed E-state index contributed by atoms with van der Waals surface area (Å²) in [5, 5.41) is 6.82. The highest BCUT2D eigenvalue weighted by Crippen LogP contribution is 2.50. The second-order valence-corrected chi connectivity index (χ2v) is 10.7. The molecule has 0 N–H and O–H groups in total. The SMILES string of the molecule is Cn1nc(C(F)(F)F)cc1C1(C(F)(F)F)CC(c2ccc3c(c2)COC32CN(C(=O)CS(C)=O)C2)=NO1. The fourth-order valence-electron chi connectivity index (χ4n) is 4.91. The van der Waals surface area contributed by atoms with Crippen molar-refractivity contribution in [2.45, 2.75) is 36.6 Å². The molecule has 1 spiro atoms. The van der Waals surface area contributed by atoms with Gasteiger partial charge in [-0.05, 0) is 28.8 Å². The van der Waals surface area contributed by atoms with E-state index in [-0.39, 0.29) is 37.1 Å². The van der Waals surface area contributed by atoms with Crippen LogP contribution in [-0.2, 0) is 56.2 Å². The number of hydrogen-bond donors (Lipinski definition) is 0. The van der Waals surface area contributed by atoms with Crippen LogP contribution in [0.3, 0.4) is 0 Å². The maximum absolute atomic E-state index is 14.2. The number of amides is 1. The van der Waals surface area contributed by atoms with E-state index in [1.54, 1.807) is 18.2 Å². The Hall–Kier alpha value is -2.94. The van der Waals surface area contributed by atoms with Crippen LogP contribution < -0.4 is 0 Å². The molecular formula is C22H20F6N4O4S. The molecule has 2 unspecified atom stereocenters. The Balaban J connectivity index is 1.39. The minimum Gasteiger partial charge on any atom is -0.372 e. The fourth-order valence-corrected chi connectivity index (χ4v) is 5.44. The van der Waals surface area contributed by atoms with Crippen LogP contribution in [0.1, 0.15) is 34.5 Å². The third kappa shape index (κ3) is 4.11. The number of carbonyl (C=O) groups excluding carboxylic acids is 1. The fraction of sp³-hybridized carbons (Fsp3) is 0.500. The molecule has 0 bridgehead atoms. The van der Waals surface area contributed by atoms with E-state index in [0.29, 0.717) is 21.9 Å². The number of aromatic nitrogens is 2. The lowest BCUT2D eigenvalue weighted by atomic mass is 9.83. The predicted molar refractivity (Wildman–Crippen MR) is 117 cm³/mol. The first kappa shape index (κ1) is 25.7. The standard InChI is InChI=1S/C22H20F6N4O4S/c1-31-17(6-16(29-31)21(23,24)25)20(22(26,27)28)7-15(30-36-20)12-3-4-14-13(5-12)8-35-19(14)10-32(11-19)18(33)9-37(2)34/h3-6H,7-11H2,1-2H3. The van der Waals surface area contributed by atoms with Gasteiger partial charge in [0.1, 0.15) is 11.4 Å². The molecule has 1 fully saturated rings. The lowest BCUT2D eigenvalue weighted by molar-refractivity contribution is -0.278. The summed E-state index contributed by atoms with van der Waals surface area (Å²) in [5.74, 6) is -0.353. The van der Waals surface area contributed by atoms with Gasteiger partial charge in [-0.15, -0.1) is 0 Å². The van der Waals surface area contributed by atoms with Crippen LogP contribution in [-0.4, -0.2) is 61.8 Å². The minimum absolute atomic E-state index is 0.0910. The summed E-state index contributed by atoms with van der Waals surface area (Å²) in [6, 6.07) is 5.15. The molecule has 0 aliphatic carbocycles. The van der Waals surface area contributed by atoms with Crippen molar-refractivity contribution in [1.29, 1.82) is 0 Å². The Morgan fingerprint density at radius 1 is 1.16 bits per heavy atom. The van der Waals surface area contributed by atoms with Crippen molar-refractivity contribution in [2.24, 2.45) is 12.2 Å². The molecule has 0 saturated carbocycles. The summed E-state index contributed by atoms with van der Waals surface area (Å²) in [7, 11) is -0.294. The number of likely N-dealkylation sites (tertiary alicyclic amines) is 1. The van der Waals surface area contributed by atoms with Crippen molar-refractivity contribution in [3.63, 3.8) is 0 Å². The van der Waals surface area contributed by atoms with Crippen molar-refractivity contribution in [3.8, 4) is 0 Å². The average molecular weight is 550 g/mol. The van der Waals surface area contributed by atoms with Gasteiger partial charge in [0, 0.05) is 24.1 Å². The van der Waals surface area contributed by atoms with Gasteiger partial charge in [0.05, 0.1) is 37.5 Å². The lowest BCUT2D eigenvalue weighted by Crippen LogP contribution is -2.61. The van der Waals surface area contributed by atoms with Crippen LogP contribution >= 0.6 is 0 Å². The van der Waals surface area contributed by atoms with E-state index < -0.39 is 52.2 Å². The molecule has 2 atom stereocenters. The highest BCUT2D eigenvalue weighted by molar-refractivity contribution is 7.85. The van der Waals surface area contributed by atoms with Crippen LogP contribution in [0.2, 0.25) is 0 Å². The molecule has 5 rings (SSSR count). The largest absolute Gasteiger partial charge is 0.437 e. The van der Waals surface area contributed by atoms with Gasteiger partial charge in [-0.1, -0.05) is 17.3 Å². The van der Waals surface area contributed by atoms with Crippen LogP contribution in [0.5, 0.6) is 0 Å². The zero-order valence-corrected chi connectivity index (χ0v) is 20.3. The van der Waals surface area contributed by atoms with Crippen molar-refractivity contribution in [3.05, 3.63) is 52.3 Å². The van der Waals surface area contributed by atoms with Crippen molar-refractivity contribution < 1.29 is 44.9 Å². The van der Waals surface area contributed by atoms with Gasteiger partial charge in [-0.2, -0.15) is 31.4 Å². The molecule has 1 saturated heterocycles. The zero-order chi connectivity index (χ0) is 27.0. The van der Waals surface area contributed by atoms with E-state index in [1.165, 1.54) is 11.2 Å². The van der Waals surface area contributed by atoms with E-state index in [9.17, 15) is 35.3 Å². The molecule has 3 aliphatic heterocycles. The molecule has 0 radical (unpaired) electrons. The monoisotopic (exact) mass is 550 g/mol. The molecule has 1 aromatic heterocycles. The number of nitrogens with zero attached hydrogens (tertiary/aromatic N) is 4. The molecule has 1 aromatic carbocycles. The number of benzene rings is 1. The lowest BCUT2D eigenvalue weighted by Gasteiger charge is -2.47. The summed E-state index contributed by atoms with van der Waals surface area (Å²) < 4.78 is 99.8. The second kappa shape index (κ2) is 8.28. The number of halogens is 6. The van der Waals surface area contributed by atoms with E-state index in [2.05, 4.69) is 10.3 Å². The molecule has 8 nitrogen and oxygen atoms in total. The Kier molecular flexibility index (Phi) is 5.75. The van der Waals surface area contributed by atoms with Crippen molar-refractivity contribution in [1.82, 2.24) is 14.7 Å². The predicted octanol–water partition coefficient (Wildman–Crippen LogP) is 2.97. The molecular weight excluding hydrogens is 530 g/mol. The topological polar surface area (TPSA) is 86.0 Å². The smallest absolute Gasteiger partial charge is 0.372 e. The zero-order valence-electron chi connectivity index (χ0n) is 19.4. The van der Waals surface area contributed by atoms with Gasteiger partial charge in [-0.25, -0.2) is 0 Å². The molecule has 2 aromatic rings. The number of hydrogen-bond acceptors (Lipinski definition) is 6. The Labute approximate surface area is 208 Å². The number of ether oxygens (including phenoxy) is 1. The number of rotatable bonds is 4. The minimum atomic E-state index is -5.09. The first-order valence-electron chi connectivity index (χ1n) is 10.9. The van der Waals surface area contributed by atoms with E-state index in [4.69, 9.17) is 9.57 Å². The van der Waals surface area contributed by atoms with Gasteiger partial charge in [0.2, 0.25) is 5.91 Å². The molecule has 4 heterocycles. The van der Waals surface area contributed by atoms with Gasteiger partial charge in [0.25, 0.3) is 5.60 Å². The highest BCUT2D eigenvalue weighted by atomic mass is 32.2. The van der Waals surface area contributed by atoms with E-state index >= 15 is 0 Å². The van der Waals surface area contributed by atoms with Gasteiger partial charge >= 0.3 is 12.4 Å². The Morgan fingerprint density at radius 3 is 2.46 bits per heavy atom. The molecule has 3 aliphatic rings. The molecule has 200 valence electrons. The van der Waals surface area contributed by atoms with Crippen LogP contribution in [0.25, 0.3) is 0 Å². The maximum atomic E-state index is 14.2. The third-order valence-corrected chi connectivity index (χ3v) is 7.43. The summed E-state index contributed by atoms with van der Waals surface area (Å²) in [5.41, 5.74) is -4.49. The number of oxime groups is 1. The Morgan fingerprint density at radius 2 is 1.86 bits per heavy atom. The van der Waals surface area contributed by atoms with Gasteiger partial charge in [0.15, 0.2) is 5.69 Å². The first-order chi connectivity index (χ1) is 17.2. The first-order valence-corrected chi connectivity index (χ1v) is 12.7. The van der Waals surface area contributed by atoms with Crippen molar-refractivity contribution in [2.75, 3.05) is 25.1 Å². The second-order valence-electron chi connectivity index (χ2n) is 9.29. The molecule has 15 heteroatoms. The number of fused-ring (bicyclic) bond motifs is 2. The summed E-state index contributed by atoms with van der Waals surface area (Å²) in [6.07, 6.45) is -9.45. The van der Waals surface area contributed by atoms with E-state index in [0.717, 1.165) is 12.6 Å². The summed E-state index contributed by atoms with van der Waals surface area (Å²) in [6.45, 7) is 0.678. The number of aryl methyl sites for hydroxylation is 1. The average Bonchev–Trinajstić information content (AvgIpc) is 3.46. The normalized spacial score (nSPS) is 23.5. The summed E-state index contributed by atoms with van der Waals surface area (Å²) >= 11 is 0. The van der Waals surface area contributed by atoms with E-state index in [1.807, 2.05) is 0 Å². The summed E-state index contributed by atoms with van der Waals surface area (Å²) in [4.78, 5) is 18.5. The number of carbonyl (C=O) groups is 1. The molecule has 1 amide bonds. The maximum Gasteiger partial charge on any atom is 0.437 e. The Bertz CT molecular complexity index is 1330. The van der Waals surface area contributed by atoms with Crippen molar-refractivity contribution >= 4 is 22.4 Å². The molecule has 37 heavy (non-hydrogen) atoms. The third-order valence-electron chi connectivity index (χ3n) is 6.78. The van der Waals surface area contributed by atoms with Crippen LogP contribution in [0, 0.1) is 0 Å². The van der Waals surface area contributed by atoms with Crippen LogP contribution in [0.15, 0.2) is 29.4 Å². The number of alkyl halides is 6.